The molecule has 0 aliphatic carbocycles. The minimum Gasteiger partial charge on any atom is -0.433 e. The van der Waals surface area contributed by atoms with Crippen LogP contribution < -0.4 is 15.4 Å². The molecule has 0 fully saturated rings. The first-order valence-electron chi connectivity index (χ1n) is 9.69. The molecule has 1 unspecified atom stereocenters. The van der Waals surface area contributed by atoms with Crippen LogP contribution in [0.1, 0.15) is 21.5 Å². The minimum absolute atomic E-state index is 0.0935. The van der Waals surface area contributed by atoms with Crippen molar-refractivity contribution in [1.29, 1.82) is 0 Å². The molecule has 2 amide bonds. The quantitative estimate of drug-likeness (QED) is 0.556. The Hall–Kier alpha value is -3.74. The third kappa shape index (κ3) is 6.12. The van der Waals surface area contributed by atoms with Crippen LogP contribution in [0.4, 0.5) is 14.5 Å². The first-order valence-corrected chi connectivity index (χ1v) is 9.69. The fourth-order valence-corrected chi connectivity index (χ4v) is 3.11. The van der Waals surface area contributed by atoms with E-state index in [1.807, 2.05) is 36.4 Å². The number of alkyl halides is 2. The lowest BCUT2D eigenvalue weighted by Gasteiger charge is -2.20. The van der Waals surface area contributed by atoms with Gasteiger partial charge in [0.1, 0.15) is 11.8 Å². The Kier molecular flexibility index (Phi) is 7.32. The van der Waals surface area contributed by atoms with Crippen LogP contribution in [0.5, 0.6) is 5.75 Å². The number of halogens is 2. The number of hydrogen-bond donors (Lipinski definition) is 2. The standard InChI is InChI=1S/C24H22F2N2O3/c1-16-9-5-6-12-18(16)22(29)28-20(15-17-10-3-2-4-11-17)23(30)27-19-13-7-8-14-21(19)31-24(25)26/h2-14,20,24H,15H2,1H3,(H,27,30)(H,28,29). The van der Waals surface area contributed by atoms with Crippen molar-refractivity contribution >= 4 is 17.5 Å². The highest BCUT2D eigenvalue weighted by Gasteiger charge is 2.24. The largest absolute Gasteiger partial charge is 0.433 e. The van der Waals surface area contributed by atoms with Crippen LogP contribution in [0.25, 0.3) is 0 Å². The number of ether oxygens (including phenoxy) is 1. The molecular weight excluding hydrogens is 402 g/mol. The van der Waals surface area contributed by atoms with Crippen molar-refractivity contribution in [2.45, 2.75) is 26.0 Å². The Morgan fingerprint density at radius 2 is 1.55 bits per heavy atom. The number of hydrogen-bond acceptors (Lipinski definition) is 3. The zero-order chi connectivity index (χ0) is 22.2. The zero-order valence-electron chi connectivity index (χ0n) is 16.8. The van der Waals surface area contributed by atoms with Crippen molar-refractivity contribution in [3.63, 3.8) is 0 Å². The van der Waals surface area contributed by atoms with Crippen molar-refractivity contribution in [3.8, 4) is 5.75 Å². The highest BCUT2D eigenvalue weighted by molar-refractivity contribution is 6.02. The summed E-state index contributed by atoms with van der Waals surface area (Å²) in [5.74, 6) is -1.10. The van der Waals surface area contributed by atoms with Gasteiger partial charge in [-0.1, -0.05) is 60.7 Å². The average Bonchev–Trinajstić information content (AvgIpc) is 2.75. The topological polar surface area (TPSA) is 67.4 Å². The summed E-state index contributed by atoms with van der Waals surface area (Å²) in [5.41, 5.74) is 2.16. The van der Waals surface area contributed by atoms with E-state index in [0.717, 1.165) is 11.1 Å². The van der Waals surface area contributed by atoms with Gasteiger partial charge in [0.25, 0.3) is 5.91 Å². The van der Waals surface area contributed by atoms with Crippen LogP contribution in [-0.2, 0) is 11.2 Å². The molecule has 0 saturated carbocycles. The number of carbonyl (C=O) groups is 2. The monoisotopic (exact) mass is 424 g/mol. The highest BCUT2D eigenvalue weighted by atomic mass is 19.3. The molecule has 3 aromatic carbocycles. The number of carbonyl (C=O) groups excluding carboxylic acids is 2. The number of anilines is 1. The molecular formula is C24H22F2N2O3. The van der Waals surface area contributed by atoms with Gasteiger partial charge in [-0.05, 0) is 36.2 Å². The maximum absolute atomic E-state index is 13.0. The first kappa shape index (κ1) is 22.0. The van der Waals surface area contributed by atoms with Crippen LogP contribution in [0.15, 0.2) is 78.9 Å². The highest BCUT2D eigenvalue weighted by Crippen LogP contribution is 2.25. The number of amides is 2. The molecule has 0 radical (unpaired) electrons. The smallest absolute Gasteiger partial charge is 0.387 e. The average molecular weight is 424 g/mol. The predicted molar refractivity (Wildman–Crippen MR) is 114 cm³/mol. The molecule has 3 aromatic rings. The second kappa shape index (κ2) is 10.3. The minimum atomic E-state index is -3.03. The second-order valence-electron chi connectivity index (χ2n) is 6.89. The predicted octanol–water partition coefficient (Wildman–Crippen LogP) is 4.58. The number of para-hydroxylation sites is 2. The molecule has 0 bridgehead atoms. The Labute approximate surface area is 179 Å². The Bertz CT molecular complexity index is 1040. The van der Waals surface area contributed by atoms with Gasteiger partial charge in [-0.2, -0.15) is 8.78 Å². The van der Waals surface area contributed by atoms with E-state index in [2.05, 4.69) is 15.4 Å². The van der Waals surface area contributed by atoms with Crippen LogP contribution in [-0.4, -0.2) is 24.5 Å². The fourth-order valence-electron chi connectivity index (χ4n) is 3.11. The summed E-state index contributed by atoms with van der Waals surface area (Å²) < 4.78 is 29.9. The molecule has 0 heterocycles. The molecule has 0 aromatic heterocycles. The lowest BCUT2D eigenvalue weighted by atomic mass is 10.0. The van der Waals surface area contributed by atoms with Crippen LogP contribution in [0, 0.1) is 6.92 Å². The third-order valence-electron chi connectivity index (χ3n) is 4.66. The van der Waals surface area contributed by atoms with Gasteiger partial charge in [0.15, 0.2) is 0 Å². The molecule has 0 saturated heterocycles. The molecule has 5 nitrogen and oxygen atoms in total. The third-order valence-corrected chi connectivity index (χ3v) is 4.66. The van der Waals surface area contributed by atoms with E-state index in [4.69, 9.17) is 0 Å². The number of aryl methyl sites for hydroxylation is 1. The van der Waals surface area contributed by atoms with Gasteiger partial charge < -0.3 is 15.4 Å². The summed E-state index contributed by atoms with van der Waals surface area (Å²) in [4.78, 5) is 25.9. The van der Waals surface area contributed by atoms with Crippen LogP contribution in [0.2, 0.25) is 0 Å². The summed E-state index contributed by atoms with van der Waals surface area (Å²) in [6.45, 7) is -1.22. The van der Waals surface area contributed by atoms with Crippen molar-refractivity contribution in [1.82, 2.24) is 5.32 Å². The van der Waals surface area contributed by atoms with Crippen molar-refractivity contribution in [3.05, 3.63) is 95.6 Å². The van der Waals surface area contributed by atoms with Crippen molar-refractivity contribution < 1.29 is 23.1 Å². The van der Waals surface area contributed by atoms with Crippen LogP contribution in [0.3, 0.4) is 0 Å². The van der Waals surface area contributed by atoms with E-state index >= 15 is 0 Å². The fraction of sp³-hybridized carbons (Fsp3) is 0.167. The van der Waals surface area contributed by atoms with Gasteiger partial charge in [-0.25, -0.2) is 0 Å². The number of rotatable bonds is 8. The first-order chi connectivity index (χ1) is 14.9. The lowest BCUT2D eigenvalue weighted by Crippen LogP contribution is -2.45. The van der Waals surface area contributed by atoms with E-state index in [1.165, 1.54) is 18.2 Å². The van der Waals surface area contributed by atoms with E-state index < -0.39 is 24.5 Å². The maximum Gasteiger partial charge on any atom is 0.387 e. The van der Waals surface area contributed by atoms with Gasteiger partial charge >= 0.3 is 6.61 Å². The van der Waals surface area contributed by atoms with Crippen LogP contribution >= 0.6 is 0 Å². The van der Waals surface area contributed by atoms with Crippen molar-refractivity contribution in [2.75, 3.05) is 5.32 Å². The molecule has 7 heteroatoms. The lowest BCUT2D eigenvalue weighted by molar-refractivity contribution is -0.118. The van der Waals surface area contributed by atoms with Crippen molar-refractivity contribution in [2.24, 2.45) is 0 Å². The zero-order valence-corrected chi connectivity index (χ0v) is 16.8. The van der Waals surface area contributed by atoms with Gasteiger partial charge in [-0.15, -0.1) is 0 Å². The Morgan fingerprint density at radius 1 is 0.903 bits per heavy atom. The van der Waals surface area contributed by atoms with E-state index in [1.54, 1.807) is 31.2 Å². The van der Waals surface area contributed by atoms with Gasteiger partial charge in [-0.3, -0.25) is 9.59 Å². The molecule has 31 heavy (non-hydrogen) atoms. The maximum atomic E-state index is 13.0. The normalized spacial score (nSPS) is 11.6. The second-order valence-corrected chi connectivity index (χ2v) is 6.89. The molecule has 1 atom stereocenters. The van der Waals surface area contributed by atoms with Gasteiger partial charge in [0.2, 0.25) is 5.91 Å². The molecule has 2 N–H and O–H groups in total. The summed E-state index contributed by atoms with van der Waals surface area (Å²) >= 11 is 0. The number of nitrogens with one attached hydrogen (secondary N) is 2. The molecule has 160 valence electrons. The summed E-state index contributed by atoms with van der Waals surface area (Å²) in [5, 5.41) is 5.36. The SMILES string of the molecule is Cc1ccccc1C(=O)NC(Cc1ccccc1)C(=O)Nc1ccccc1OC(F)F. The molecule has 0 spiro atoms. The number of benzene rings is 3. The van der Waals surface area contributed by atoms with Gasteiger partial charge in [0.05, 0.1) is 5.69 Å². The Balaban J connectivity index is 1.83. The van der Waals surface area contributed by atoms with E-state index in [9.17, 15) is 18.4 Å². The molecule has 0 aliphatic heterocycles. The molecule has 3 rings (SSSR count). The summed E-state index contributed by atoms with van der Waals surface area (Å²) in [7, 11) is 0. The van der Waals surface area contributed by atoms with E-state index in [-0.39, 0.29) is 17.9 Å². The van der Waals surface area contributed by atoms with E-state index in [0.29, 0.717) is 5.56 Å². The summed E-state index contributed by atoms with van der Waals surface area (Å²) in [6, 6.07) is 21.2. The molecule has 0 aliphatic rings. The summed E-state index contributed by atoms with van der Waals surface area (Å²) in [6.07, 6.45) is 0.224. The Morgan fingerprint density at radius 3 is 2.26 bits per heavy atom. The van der Waals surface area contributed by atoms with Gasteiger partial charge in [0, 0.05) is 12.0 Å².